The van der Waals surface area contributed by atoms with Gasteiger partial charge in [0.2, 0.25) is 0 Å². The van der Waals surface area contributed by atoms with Crippen LogP contribution >= 0.6 is 0 Å². The minimum absolute atomic E-state index is 0.0341. The molecule has 0 aromatic carbocycles. The molecule has 0 saturated heterocycles. The van der Waals surface area contributed by atoms with Crippen LogP contribution in [0, 0.1) is 5.41 Å². The van der Waals surface area contributed by atoms with Crippen LogP contribution in [0.5, 0.6) is 0 Å². The van der Waals surface area contributed by atoms with Crippen molar-refractivity contribution in [2.75, 3.05) is 0 Å². The highest BCUT2D eigenvalue weighted by Crippen LogP contribution is 1.78. The number of nitrogens with one attached hydrogen (secondary N) is 1. The molecule has 8 heavy (non-hydrogen) atoms. The van der Waals surface area contributed by atoms with Crippen molar-refractivity contribution in [3.8, 4) is 0 Å². The number of allylic oxidation sites excluding steroid dienone is 2. The fraction of sp³-hybridized carbons (Fsp3) is 0.333. The van der Waals surface area contributed by atoms with Crippen LogP contribution in [0.1, 0.15) is 13.3 Å². The largest absolute Gasteiger partial charge is 0.298 e. The second kappa shape index (κ2) is 4.24. The first-order valence-electron chi connectivity index (χ1n) is 2.51. The van der Waals surface area contributed by atoms with Crippen LogP contribution in [0.2, 0.25) is 0 Å². The van der Waals surface area contributed by atoms with Crippen molar-refractivity contribution in [2.45, 2.75) is 13.3 Å². The molecule has 1 N–H and O–H groups in total. The molecule has 0 aliphatic rings. The highest BCUT2D eigenvalue weighted by atomic mass is 16.1. The van der Waals surface area contributed by atoms with Crippen molar-refractivity contribution in [2.24, 2.45) is 0 Å². The molecule has 0 aromatic heterocycles. The van der Waals surface area contributed by atoms with E-state index in [0.29, 0.717) is 6.29 Å². The highest BCUT2D eigenvalue weighted by Gasteiger charge is 1.79. The summed E-state index contributed by atoms with van der Waals surface area (Å²) in [5, 5.41) is 6.79. The maximum atomic E-state index is 9.73. The first-order chi connectivity index (χ1) is 3.81. The molecule has 0 heterocycles. The second-order valence-corrected chi connectivity index (χ2v) is 1.38. The average molecular weight is 111 g/mol. The molecule has 0 spiro atoms. The summed E-state index contributed by atoms with van der Waals surface area (Å²) in [6.07, 6.45) is 4.66. The number of aldehydes is 1. The Morgan fingerprint density at radius 2 is 2.38 bits per heavy atom. The second-order valence-electron chi connectivity index (χ2n) is 1.38. The van der Waals surface area contributed by atoms with Crippen LogP contribution in [0.3, 0.4) is 0 Å². The van der Waals surface area contributed by atoms with Gasteiger partial charge in [0.1, 0.15) is 0 Å². The maximum Gasteiger partial charge on any atom is 0.167 e. The van der Waals surface area contributed by atoms with E-state index in [9.17, 15) is 4.79 Å². The number of carbonyl (C=O) groups excluding carboxylic acids is 1. The molecule has 0 aromatic rings. The minimum atomic E-state index is 0.0341. The molecule has 2 nitrogen and oxygen atoms in total. The van der Waals surface area contributed by atoms with E-state index in [4.69, 9.17) is 5.41 Å². The molecule has 0 aliphatic carbocycles. The predicted molar refractivity (Wildman–Crippen MR) is 33.2 cm³/mol. The lowest BCUT2D eigenvalue weighted by Crippen LogP contribution is -1.88. The Balaban J connectivity index is 3.52. The molecule has 0 amide bonds. The molecule has 44 valence electrons. The van der Waals surface area contributed by atoms with Gasteiger partial charge in [-0.3, -0.25) is 10.2 Å². The van der Waals surface area contributed by atoms with E-state index < -0.39 is 0 Å². The fourth-order valence-corrected chi connectivity index (χ4v) is 0.284. The van der Waals surface area contributed by atoms with Gasteiger partial charge in [0.05, 0.1) is 5.71 Å². The topological polar surface area (TPSA) is 40.9 Å². The molecule has 0 rings (SSSR count). The van der Waals surface area contributed by atoms with Gasteiger partial charge in [-0.05, 0) is 12.5 Å². The van der Waals surface area contributed by atoms with E-state index in [0.717, 1.165) is 6.42 Å². The van der Waals surface area contributed by atoms with Gasteiger partial charge in [0, 0.05) is 0 Å². The summed E-state index contributed by atoms with van der Waals surface area (Å²) < 4.78 is 0. The SMILES string of the molecule is CC/C=C\C(=N)C=O. The Kier molecular flexibility index (Phi) is 3.76. The van der Waals surface area contributed by atoms with Crippen LogP contribution in [0.25, 0.3) is 0 Å². The quantitative estimate of drug-likeness (QED) is 0.431. The third kappa shape index (κ3) is 3.28. The third-order valence-corrected chi connectivity index (χ3v) is 0.660. The lowest BCUT2D eigenvalue weighted by Gasteiger charge is -1.77. The molecule has 0 bridgehead atoms. The fourth-order valence-electron chi connectivity index (χ4n) is 0.284. The average Bonchev–Trinajstić information content (AvgIpc) is 1.83. The first kappa shape index (κ1) is 7.08. The van der Waals surface area contributed by atoms with Crippen molar-refractivity contribution < 1.29 is 4.79 Å². The van der Waals surface area contributed by atoms with E-state index in [2.05, 4.69) is 0 Å². The van der Waals surface area contributed by atoms with Gasteiger partial charge in [0.25, 0.3) is 0 Å². The number of hydrogen-bond acceptors (Lipinski definition) is 2. The smallest absolute Gasteiger partial charge is 0.167 e. The van der Waals surface area contributed by atoms with E-state index >= 15 is 0 Å². The summed E-state index contributed by atoms with van der Waals surface area (Å²) in [7, 11) is 0. The van der Waals surface area contributed by atoms with Crippen molar-refractivity contribution in [1.29, 1.82) is 5.41 Å². The van der Waals surface area contributed by atoms with Crippen molar-refractivity contribution >= 4 is 12.0 Å². The number of hydrogen-bond donors (Lipinski definition) is 1. The van der Waals surface area contributed by atoms with Crippen LogP contribution in [-0.2, 0) is 4.79 Å². The Hall–Kier alpha value is -0.920. The van der Waals surface area contributed by atoms with Crippen molar-refractivity contribution in [3.05, 3.63) is 12.2 Å². The number of carbonyl (C=O) groups is 1. The van der Waals surface area contributed by atoms with Gasteiger partial charge >= 0.3 is 0 Å². The molecular weight excluding hydrogens is 102 g/mol. The standard InChI is InChI=1S/C6H9NO/c1-2-3-4-6(7)5-8/h3-5,7H,2H2,1H3/b4-3-,7-6?. The normalized spacial score (nSPS) is 9.62. The maximum absolute atomic E-state index is 9.73. The van der Waals surface area contributed by atoms with E-state index in [1.165, 1.54) is 6.08 Å². The predicted octanol–water partition coefficient (Wildman–Crippen LogP) is 1.17. The van der Waals surface area contributed by atoms with Crippen LogP contribution in [0.4, 0.5) is 0 Å². The highest BCUT2D eigenvalue weighted by molar-refractivity contribution is 6.32. The zero-order chi connectivity index (χ0) is 6.41. The molecule has 0 aliphatic heterocycles. The van der Waals surface area contributed by atoms with E-state index in [-0.39, 0.29) is 5.71 Å². The van der Waals surface area contributed by atoms with Crippen LogP contribution < -0.4 is 0 Å². The molecule has 0 radical (unpaired) electrons. The van der Waals surface area contributed by atoms with Crippen molar-refractivity contribution in [3.63, 3.8) is 0 Å². The summed E-state index contributed by atoms with van der Waals surface area (Å²) in [5.41, 5.74) is 0.0341. The van der Waals surface area contributed by atoms with Gasteiger partial charge in [-0.15, -0.1) is 0 Å². The molecule has 2 heteroatoms. The van der Waals surface area contributed by atoms with Crippen LogP contribution in [0.15, 0.2) is 12.2 Å². The Labute approximate surface area is 48.7 Å². The Morgan fingerprint density at radius 3 is 2.75 bits per heavy atom. The molecular formula is C6H9NO. The summed E-state index contributed by atoms with van der Waals surface area (Å²) in [5.74, 6) is 0. The van der Waals surface area contributed by atoms with Gasteiger partial charge in [-0.1, -0.05) is 13.0 Å². The van der Waals surface area contributed by atoms with Gasteiger partial charge in [-0.2, -0.15) is 0 Å². The summed E-state index contributed by atoms with van der Waals surface area (Å²) in [6.45, 7) is 1.95. The van der Waals surface area contributed by atoms with Gasteiger partial charge < -0.3 is 0 Å². The lowest BCUT2D eigenvalue weighted by molar-refractivity contribution is -0.102. The third-order valence-electron chi connectivity index (χ3n) is 0.660. The van der Waals surface area contributed by atoms with Crippen molar-refractivity contribution in [1.82, 2.24) is 0 Å². The Morgan fingerprint density at radius 1 is 1.75 bits per heavy atom. The van der Waals surface area contributed by atoms with E-state index in [1.54, 1.807) is 6.08 Å². The minimum Gasteiger partial charge on any atom is -0.298 e. The van der Waals surface area contributed by atoms with Crippen LogP contribution in [-0.4, -0.2) is 12.0 Å². The summed E-state index contributed by atoms with van der Waals surface area (Å²) >= 11 is 0. The zero-order valence-corrected chi connectivity index (χ0v) is 4.85. The molecule has 0 fully saturated rings. The van der Waals surface area contributed by atoms with Gasteiger partial charge in [-0.25, -0.2) is 0 Å². The zero-order valence-electron chi connectivity index (χ0n) is 4.85. The monoisotopic (exact) mass is 111 g/mol. The molecule has 0 saturated carbocycles. The van der Waals surface area contributed by atoms with E-state index in [1.807, 2.05) is 6.92 Å². The summed E-state index contributed by atoms with van der Waals surface area (Å²) in [4.78, 5) is 9.73. The number of rotatable bonds is 3. The molecule has 0 atom stereocenters. The van der Waals surface area contributed by atoms with Gasteiger partial charge in [0.15, 0.2) is 6.29 Å². The molecule has 0 unspecified atom stereocenters. The summed E-state index contributed by atoms with van der Waals surface area (Å²) in [6, 6.07) is 0. The first-order valence-corrected chi connectivity index (χ1v) is 2.51. The Bertz CT molecular complexity index is 116. The lowest BCUT2D eigenvalue weighted by atomic mass is 10.3.